The van der Waals surface area contributed by atoms with E-state index in [0.717, 1.165) is 12.0 Å². The summed E-state index contributed by atoms with van der Waals surface area (Å²) in [5, 5.41) is 3.34. The molecule has 3 nitrogen and oxygen atoms in total. The molecular formula is C11H14ClNO2. The number of amides is 1. The van der Waals surface area contributed by atoms with Gasteiger partial charge in [0.2, 0.25) is 0 Å². The lowest BCUT2D eigenvalue weighted by Gasteiger charge is -2.05. The lowest BCUT2D eigenvalue weighted by molar-refractivity contribution is 0.146. The number of alkyl carbamates (subject to hydrolysis) is 1. The molecule has 0 radical (unpaired) electrons. The summed E-state index contributed by atoms with van der Waals surface area (Å²) in [6, 6.07) is 7.30. The van der Waals surface area contributed by atoms with Crippen molar-refractivity contribution in [3.63, 3.8) is 0 Å². The smallest absolute Gasteiger partial charge is 0.407 e. The summed E-state index contributed by atoms with van der Waals surface area (Å²) in [6.45, 7) is 2.86. The molecule has 0 aliphatic carbocycles. The average molecular weight is 228 g/mol. The summed E-state index contributed by atoms with van der Waals surface area (Å²) in [5.74, 6) is 0. The zero-order chi connectivity index (χ0) is 11.1. The SMILES string of the molecule is CCCOC(=O)NCc1ccc(Cl)cc1. The molecule has 0 spiro atoms. The second-order valence-electron chi connectivity index (χ2n) is 3.12. The van der Waals surface area contributed by atoms with Gasteiger partial charge < -0.3 is 10.1 Å². The molecule has 0 aliphatic rings. The largest absolute Gasteiger partial charge is 0.450 e. The zero-order valence-electron chi connectivity index (χ0n) is 8.63. The van der Waals surface area contributed by atoms with E-state index in [2.05, 4.69) is 5.32 Å². The Morgan fingerprint density at radius 1 is 1.40 bits per heavy atom. The molecule has 0 saturated heterocycles. The van der Waals surface area contributed by atoms with Crippen LogP contribution in [-0.2, 0) is 11.3 Å². The predicted molar refractivity (Wildman–Crippen MR) is 59.9 cm³/mol. The molecule has 0 bridgehead atoms. The molecule has 15 heavy (non-hydrogen) atoms. The maximum atomic E-state index is 11.1. The summed E-state index contributed by atoms with van der Waals surface area (Å²) < 4.78 is 4.86. The lowest BCUT2D eigenvalue weighted by Crippen LogP contribution is -2.23. The Labute approximate surface area is 94.4 Å². The molecule has 1 aromatic carbocycles. The van der Waals surface area contributed by atoms with Crippen LogP contribution in [0.25, 0.3) is 0 Å². The van der Waals surface area contributed by atoms with Crippen molar-refractivity contribution in [3.8, 4) is 0 Å². The van der Waals surface area contributed by atoms with Crippen molar-refractivity contribution in [2.45, 2.75) is 19.9 Å². The lowest BCUT2D eigenvalue weighted by atomic mass is 10.2. The number of nitrogens with one attached hydrogen (secondary N) is 1. The van der Waals surface area contributed by atoms with Gasteiger partial charge in [-0.2, -0.15) is 0 Å². The molecule has 4 heteroatoms. The molecule has 1 amide bonds. The number of ether oxygens (including phenoxy) is 1. The Kier molecular flexibility index (Phi) is 4.98. The fourth-order valence-corrected chi connectivity index (χ4v) is 1.15. The van der Waals surface area contributed by atoms with E-state index in [1.807, 2.05) is 19.1 Å². The number of carbonyl (C=O) groups excluding carboxylic acids is 1. The van der Waals surface area contributed by atoms with Gasteiger partial charge in [-0.05, 0) is 24.1 Å². The number of hydrogen-bond donors (Lipinski definition) is 1. The summed E-state index contributed by atoms with van der Waals surface area (Å²) >= 11 is 5.73. The van der Waals surface area contributed by atoms with Gasteiger partial charge >= 0.3 is 6.09 Å². The molecule has 0 unspecified atom stereocenters. The van der Waals surface area contributed by atoms with Crippen molar-refractivity contribution < 1.29 is 9.53 Å². The van der Waals surface area contributed by atoms with Gasteiger partial charge in [-0.15, -0.1) is 0 Å². The third-order valence-corrected chi connectivity index (χ3v) is 2.04. The van der Waals surface area contributed by atoms with Crippen LogP contribution in [0.1, 0.15) is 18.9 Å². The summed E-state index contributed by atoms with van der Waals surface area (Å²) in [4.78, 5) is 11.1. The minimum atomic E-state index is -0.383. The van der Waals surface area contributed by atoms with Crippen molar-refractivity contribution in [1.29, 1.82) is 0 Å². The molecule has 0 aromatic heterocycles. The maximum Gasteiger partial charge on any atom is 0.407 e. The van der Waals surface area contributed by atoms with Crippen molar-refractivity contribution in [3.05, 3.63) is 34.9 Å². The van der Waals surface area contributed by atoms with Crippen LogP contribution in [0.15, 0.2) is 24.3 Å². The van der Waals surface area contributed by atoms with Crippen molar-refractivity contribution in [2.75, 3.05) is 6.61 Å². The summed E-state index contributed by atoms with van der Waals surface area (Å²) in [6.07, 6.45) is 0.445. The molecule has 0 aliphatic heterocycles. The molecule has 0 saturated carbocycles. The molecule has 0 heterocycles. The van der Waals surface area contributed by atoms with E-state index in [4.69, 9.17) is 16.3 Å². The standard InChI is InChI=1S/C11H14ClNO2/c1-2-7-15-11(14)13-8-9-3-5-10(12)6-4-9/h3-6H,2,7-8H2,1H3,(H,13,14). The van der Waals surface area contributed by atoms with Crippen LogP contribution in [0.3, 0.4) is 0 Å². The predicted octanol–water partition coefficient (Wildman–Crippen LogP) is 2.98. The quantitative estimate of drug-likeness (QED) is 0.859. The topological polar surface area (TPSA) is 38.3 Å². The fourth-order valence-electron chi connectivity index (χ4n) is 1.02. The van der Waals surface area contributed by atoms with Gasteiger partial charge in [-0.3, -0.25) is 0 Å². The molecule has 82 valence electrons. The average Bonchev–Trinajstić information content (AvgIpc) is 2.25. The van der Waals surface area contributed by atoms with Crippen LogP contribution in [-0.4, -0.2) is 12.7 Å². The van der Waals surface area contributed by atoms with E-state index in [9.17, 15) is 4.79 Å². The third kappa shape index (κ3) is 4.70. The molecule has 0 atom stereocenters. The first-order chi connectivity index (χ1) is 7.22. The van der Waals surface area contributed by atoms with Crippen molar-refractivity contribution in [1.82, 2.24) is 5.32 Å². The van der Waals surface area contributed by atoms with Crippen LogP contribution in [0.5, 0.6) is 0 Å². The Bertz CT molecular complexity index is 311. The molecule has 1 N–H and O–H groups in total. The van der Waals surface area contributed by atoms with Crippen LogP contribution >= 0.6 is 11.6 Å². The van der Waals surface area contributed by atoms with Crippen LogP contribution in [0.4, 0.5) is 4.79 Å². The van der Waals surface area contributed by atoms with Gasteiger partial charge in [0.15, 0.2) is 0 Å². The highest BCUT2D eigenvalue weighted by Crippen LogP contribution is 2.09. The van der Waals surface area contributed by atoms with E-state index in [1.165, 1.54) is 0 Å². The molecule has 1 aromatic rings. The van der Waals surface area contributed by atoms with E-state index >= 15 is 0 Å². The second-order valence-corrected chi connectivity index (χ2v) is 3.55. The van der Waals surface area contributed by atoms with Gasteiger partial charge in [0, 0.05) is 11.6 Å². The molecular weight excluding hydrogens is 214 g/mol. The first-order valence-electron chi connectivity index (χ1n) is 4.87. The highest BCUT2D eigenvalue weighted by Gasteiger charge is 2.00. The van der Waals surface area contributed by atoms with E-state index in [1.54, 1.807) is 12.1 Å². The fraction of sp³-hybridized carbons (Fsp3) is 0.364. The zero-order valence-corrected chi connectivity index (χ0v) is 9.38. The Balaban J connectivity index is 2.30. The van der Waals surface area contributed by atoms with Gasteiger partial charge in [0.25, 0.3) is 0 Å². The normalized spacial score (nSPS) is 9.73. The monoisotopic (exact) mass is 227 g/mol. The van der Waals surface area contributed by atoms with Crippen LogP contribution in [0.2, 0.25) is 5.02 Å². The van der Waals surface area contributed by atoms with Crippen LogP contribution < -0.4 is 5.32 Å². The maximum absolute atomic E-state index is 11.1. The van der Waals surface area contributed by atoms with Crippen molar-refractivity contribution >= 4 is 17.7 Å². The Morgan fingerprint density at radius 3 is 2.67 bits per heavy atom. The number of hydrogen-bond acceptors (Lipinski definition) is 2. The van der Waals surface area contributed by atoms with Crippen LogP contribution in [0, 0.1) is 0 Å². The highest BCUT2D eigenvalue weighted by molar-refractivity contribution is 6.30. The second kappa shape index (κ2) is 6.30. The van der Waals surface area contributed by atoms with Gasteiger partial charge in [-0.25, -0.2) is 4.79 Å². The summed E-state index contributed by atoms with van der Waals surface area (Å²) in [5.41, 5.74) is 0.993. The van der Waals surface area contributed by atoms with Gasteiger partial charge in [-0.1, -0.05) is 30.7 Å². The minimum Gasteiger partial charge on any atom is -0.450 e. The Morgan fingerprint density at radius 2 is 2.07 bits per heavy atom. The number of rotatable bonds is 4. The van der Waals surface area contributed by atoms with Gasteiger partial charge in [0.1, 0.15) is 0 Å². The molecule has 1 rings (SSSR count). The number of halogens is 1. The molecule has 0 fully saturated rings. The van der Waals surface area contributed by atoms with E-state index in [-0.39, 0.29) is 6.09 Å². The van der Waals surface area contributed by atoms with E-state index < -0.39 is 0 Å². The number of benzene rings is 1. The Hall–Kier alpha value is -1.22. The first kappa shape index (κ1) is 11.9. The minimum absolute atomic E-state index is 0.383. The van der Waals surface area contributed by atoms with E-state index in [0.29, 0.717) is 18.2 Å². The first-order valence-corrected chi connectivity index (χ1v) is 5.25. The van der Waals surface area contributed by atoms with Gasteiger partial charge in [0.05, 0.1) is 6.61 Å². The summed E-state index contributed by atoms with van der Waals surface area (Å²) in [7, 11) is 0. The highest BCUT2D eigenvalue weighted by atomic mass is 35.5. The third-order valence-electron chi connectivity index (χ3n) is 1.79. The number of carbonyl (C=O) groups is 1. The van der Waals surface area contributed by atoms with Crippen molar-refractivity contribution in [2.24, 2.45) is 0 Å².